The standard InChI is InChI=1S/C22H20N2O3S/c23-21-20-17(18(14-28-20)19(25)16-9-5-2-6-10-16)11-12-24(21)22(26)27-13-15-7-3-1-4-8-15/h1-10,14,21H,11-13,23H2. The minimum Gasteiger partial charge on any atom is -0.444 e. The van der Waals surface area contributed by atoms with Gasteiger partial charge in [0.15, 0.2) is 5.78 Å². The zero-order chi connectivity index (χ0) is 19.5. The van der Waals surface area contributed by atoms with Crippen molar-refractivity contribution in [3.05, 3.63) is 93.2 Å². The molecule has 0 spiro atoms. The van der Waals surface area contributed by atoms with Gasteiger partial charge in [0, 0.05) is 27.9 Å². The lowest BCUT2D eigenvalue weighted by Crippen LogP contribution is -2.43. The molecule has 1 amide bonds. The quantitative estimate of drug-likeness (QED) is 0.678. The lowest BCUT2D eigenvalue weighted by molar-refractivity contribution is 0.0789. The van der Waals surface area contributed by atoms with Gasteiger partial charge in [-0.3, -0.25) is 9.69 Å². The first-order valence-corrected chi connectivity index (χ1v) is 9.96. The first kappa shape index (κ1) is 18.4. The predicted molar refractivity (Wildman–Crippen MR) is 108 cm³/mol. The maximum atomic E-state index is 12.8. The van der Waals surface area contributed by atoms with Gasteiger partial charge in [0.2, 0.25) is 0 Å². The number of carbonyl (C=O) groups is 2. The maximum absolute atomic E-state index is 12.8. The number of carbonyl (C=O) groups excluding carboxylic acids is 2. The van der Waals surface area contributed by atoms with Crippen LogP contribution in [0.25, 0.3) is 0 Å². The number of nitrogens with zero attached hydrogens (tertiary/aromatic N) is 1. The van der Waals surface area contributed by atoms with Gasteiger partial charge in [-0.05, 0) is 17.5 Å². The van der Waals surface area contributed by atoms with Crippen molar-refractivity contribution in [2.75, 3.05) is 6.54 Å². The Morgan fingerprint density at radius 2 is 1.75 bits per heavy atom. The van der Waals surface area contributed by atoms with Gasteiger partial charge in [-0.25, -0.2) is 4.79 Å². The number of hydrogen-bond acceptors (Lipinski definition) is 5. The highest BCUT2D eigenvalue weighted by molar-refractivity contribution is 7.10. The number of rotatable bonds is 4. The van der Waals surface area contributed by atoms with Crippen LogP contribution in [-0.4, -0.2) is 23.3 Å². The monoisotopic (exact) mass is 392 g/mol. The third-order valence-corrected chi connectivity index (χ3v) is 5.95. The summed E-state index contributed by atoms with van der Waals surface area (Å²) in [5, 5.41) is 1.85. The molecule has 1 aliphatic heterocycles. The van der Waals surface area contributed by atoms with Crippen molar-refractivity contribution >= 4 is 23.2 Å². The molecule has 142 valence electrons. The number of hydrogen-bond donors (Lipinski definition) is 1. The molecule has 0 saturated heterocycles. The van der Waals surface area contributed by atoms with E-state index in [1.165, 1.54) is 16.2 Å². The molecule has 1 unspecified atom stereocenters. The predicted octanol–water partition coefficient (Wildman–Crippen LogP) is 4.13. The number of nitrogens with two attached hydrogens (primary N) is 1. The molecule has 28 heavy (non-hydrogen) atoms. The van der Waals surface area contributed by atoms with E-state index in [1.807, 2.05) is 66.0 Å². The van der Waals surface area contributed by atoms with Crippen LogP contribution in [0.15, 0.2) is 66.0 Å². The highest BCUT2D eigenvalue weighted by Crippen LogP contribution is 2.35. The summed E-state index contributed by atoms with van der Waals surface area (Å²) in [5.41, 5.74) is 9.54. The van der Waals surface area contributed by atoms with Crippen molar-refractivity contribution < 1.29 is 14.3 Å². The van der Waals surface area contributed by atoms with Gasteiger partial charge in [-0.15, -0.1) is 11.3 Å². The van der Waals surface area contributed by atoms with E-state index < -0.39 is 12.3 Å². The van der Waals surface area contributed by atoms with E-state index in [0.29, 0.717) is 24.1 Å². The van der Waals surface area contributed by atoms with Gasteiger partial charge >= 0.3 is 6.09 Å². The minimum absolute atomic E-state index is 0.00889. The van der Waals surface area contributed by atoms with Crippen LogP contribution in [0.2, 0.25) is 0 Å². The lowest BCUT2D eigenvalue weighted by Gasteiger charge is -2.32. The van der Waals surface area contributed by atoms with Crippen molar-refractivity contribution in [2.24, 2.45) is 5.73 Å². The molecule has 2 heterocycles. The molecule has 0 fully saturated rings. The molecular weight excluding hydrogens is 372 g/mol. The number of ketones is 1. The molecular formula is C22H20N2O3S. The summed E-state index contributed by atoms with van der Waals surface area (Å²) in [5.74, 6) is -0.00889. The Bertz CT molecular complexity index is 986. The SMILES string of the molecule is NC1c2scc(C(=O)c3ccccc3)c2CCN1C(=O)OCc1ccccc1. The van der Waals surface area contributed by atoms with Crippen LogP contribution >= 0.6 is 11.3 Å². The first-order chi connectivity index (χ1) is 13.6. The summed E-state index contributed by atoms with van der Waals surface area (Å²) < 4.78 is 5.42. The molecule has 0 bridgehead atoms. The summed E-state index contributed by atoms with van der Waals surface area (Å²) in [6, 6.07) is 18.7. The normalized spacial score (nSPS) is 15.8. The van der Waals surface area contributed by atoms with Crippen LogP contribution in [0, 0.1) is 0 Å². The number of thiophene rings is 1. The molecule has 2 aromatic carbocycles. The topological polar surface area (TPSA) is 72.6 Å². The highest BCUT2D eigenvalue weighted by atomic mass is 32.1. The van der Waals surface area contributed by atoms with Crippen LogP contribution in [0.4, 0.5) is 4.79 Å². The fourth-order valence-electron chi connectivity index (χ4n) is 3.36. The van der Waals surface area contributed by atoms with Crippen molar-refractivity contribution in [1.82, 2.24) is 4.90 Å². The highest BCUT2D eigenvalue weighted by Gasteiger charge is 2.33. The zero-order valence-electron chi connectivity index (χ0n) is 15.2. The second-order valence-corrected chi connectivity index (χ2v) is 7.53. The molecule has 5 nitrogen and oxygen atoms in total. The van der Waals surface area contributed by atoms with E-state index in [2.05, 4.69) is 0 Å². The van der Waals surface area contributed by atoms with Crippen LogP contribution in [0.3, 0.4) is 0 Å². The average Bonchev–Trinajstić information content (AvgIpc) is 3.18. The van der Waals surface area contributed by atoms with Gasteiger partial charge in [-0.2, -0.15) is 0 Å². The Morgan fingerprint density at radius 1 is 1.07 bits per heavy atom. The summed E-state index contributed by atoms with van der Waals surface area (Å²) in [7, 11) is 0. The Balaban J connectivity index is 1.48. The molecule has 4 rings (SSSR count). The Morgan fingerprint density at radius 3 is 2.46 bits per heavy atom. The van der Waals surface area contributed by atoms with Crippen molar-refractivity contribution in [3.8, 4) is 0 Å². The van der Waals surface area contributed by atoms with Crippen LogP contribution in [0.5, 0.6) is 0 Å². The van der Waals surface area contributed by atoms with E-state index in [0.717, 1.165) is 16.0 Å². The fraction of sp³-hybridized carbons (Fsp3) is 0.182. The molecule has 0 saturated carbocycles. The van der Waals surface area contributed by atoms with E-state index in [-0.39, 0.29) is 12.4 Å². The van der Waals surface area contributed by atoms with Crippen molar-refractivity contribution in [1.29, 1.82) is 0 Å². The summed E-state index contributed by atoms with van der Waals surface area (Å²) in [6.07, 6.45) is -0.457. The summed E-state index contributed by atoms with van der Waals surface area (Å²) in [6.45, 7) is 0.630. The lowest BCUT2D eigenvalue weighted by atomic mass is 9.96. The van der Waals surface area contributed by atoms with Gasteiger partial charge in [0.05, 0.1) is 0 Å². The second kappa shape index (κ2) is 7.96. The van der Waals surface area contributed by atoms with Crippen LogP contribution < -0.4 is 5.73 Å². The van der Waals surface area contributed by atoms with Crippen molar-refractivity contribution in [2.45, 2.75) is 19.2 Å². The second-order valence-electron chi connectivity index (χ2n) is 6.62. The zero-order valence-corrected chi connectivity index (χ0v) is 16.0. The molecule has 1 aliphatic rings. The Labute approximate surface area is 167 Å². The smallest absolute Gasteiger partial charge is 0.411 e. The number of ether oxygens (including phenoxy) is 1. The molecule has 1 aromatic heterocycles. The van der Waals surface area contributed by atoms with Crippen LogP contribution in [-0.2, 0) is 17.8 Å². The van der Waals surface area contributed by atoms with Crippen LogP contribution in [0.1, 0.15) is 38.1 Å². The fourth-order valence-corrected chi connectivity index (χ4v) is 4.47. The molecule has 2 N–H and O–H groups in total. The maximum Gasteiger partial charge on any atom is 0.411 e. The van der Waals surface area contributed by atoms with E-state index >= 15 is 0 Å². The molecule has 1 atom stereocenters. The van der Waals surface area contributed by atoms with Crippen molar-refractivity contribution in [3.63, 3.8) is 0 Å². The summed E-state index contributed by atoms with van der Waals surface area (Å²) in [4.78, 5) is 27.7. The van der Waals surface area contributed by atoms with Gasteiger partial charge in [-0.1, -0.05) is 60.7 Å². The third kappa shape index (κ3) is 3.56. The molecule has 6 heteroatoms. The molecule has 0 radical (unpaired) electrons. The van der Waals surface area contributed by atoms with Gasteiger partial charge < -0.3 is 10.5 Å². The van der Waals surface area contributed by atoms with E-state index in [4.69, 9.17) is 10.5 Å². The third-order valence-electron chi connectivity index (χ3n) is 4.85. The number of fused-ring (bicyclic) bond motifs is 1. The Kier molecular flexibility index (Phi) is 5.23. The average molecular weight is 392 g/mol. The minimum atomic E-state index is -0.602. The first-order valence-electron chi connectivity index (χ1n) is 9.08. The Hall–Kier alpha value is -2.96. The van der Waals surface area contributed by atoms with E-state index in [9.17, 15) is 9.59 Å². The number of benzene rings is 2. The van der Waals surface area contributed by atoms with Gasteiger partial charge in [0.1, 0.15) is 12.8 Å². The summed E-state index contributed by atoms with van der Waals surface area (Å²) >= 11 is 1.42. The van der Waals surface area contributed by atoms with E-state index in [1.54, 1.807) is 0 Å². The number of amides is 1. The van der Waals surface area contributed by atoms with Gasteiger partial charge in [0.25, 0.3) is 0 Å². The molecule has 0 aliphatic carbocycles. The molecule has 3 aromatic rings. The largest absolute Gasteiger partial charge is 0.444 e.